The fraction of sp³-hybridized carbons (Fsp3) is 0.833. The van der Waals surface area contributed by atoms with Gasteiger partial charge in [-0.25, -0.2) is 0 Å². The molecule has 0 aliphatic carbocycles. The fourth-order valence-corrected chi connectivity index (χ4v) is 1.03. The van der Waals surface area contributed by atoms with E-state index in [1.54, 1.807) is 0 Å². The Balaban J connectivity index is 2.39. The molecule has 0 unspecified atom stereocenters. The van der Waals surface area contributed by atoms with E-state index in [0.29, 0.717) is 6.42 Å². The van der Waals surface area contributed by atoms with Gasteiger partial charge in [0, 0.05) is 18.5 Å². The van der Waals surface area contributed by atoms with Crippen molar-refractivity contribution in [1.82, 2.24) is 5.32 Å². The van der Waals surface area contributed by atoms with E-state index < -0.39 is 0 Å². The fourth-order valence-electron chi connectivity index (χ4n) is 1.03. The van der Waals surface area contributed by atoms with Crippen molar-refractivity contribution in [3.05, 3.63) is 0 Å². The van der Waals surface area contributed by atoms with Crippen LogP contribution in [0.4, 0.5) is 0 Å². The molecule has 1 aliphatic rings. The lowest BCUT2D eigenvalue weighted by atomic mass is 10.1. The van der Waals surface area contributed by atoms with Gasteiger partial charge in [-0.15, -0.1) is 0 Å². The molecule has 3 nitrogen and oxygen atoms in total. The molecule has 0 aromatic heterocycles. The van der Waals surface area contributed by atoms with Gasteiger partial charge >= 0.3 is 0 Å². The molecule has 0 aromatic rings. The van der Waals surface area contributed by atoms with Crippen molar-refractivity contribution in [2.45, 2.75) is 31.8 Å². The van der Waals surface area contributed by atoms with E-state index in [0.717, 1.165) is 6.42 Å². The molecule has 1 fully saturated rings. The van der Waals surface area contributed by atoms with Gasteiger partial charge in [-0.3, -0.25) is 4.79 Å². The molecule has 1 saturated heterocycles. The third-order valence-electron chi connectivity index (χ3n) is 1.66. The molecule has 2 atom stereocenters. The molecule has 0 bridgehead atoms. The first-order chi connectivity index (χ1) is 4.20. The minimum atomic E-state index is 0.0939. The lowest BCUT2D eigenvalue weighted by Gasteiger charge is -2.12. The number of rotatable bonds is 1. The van der Waals surface area contributed by atoms with E-state index in [4.69, 9.17) is 5.73 Å². The number of nitrogens with two attached hydrogens (primary N) is 1. The summed E-state index contributed by atoms with van der Waals surface area (Å²) < 4.78 is 0. The third-order valence-corrected chi connectivity index (χ3v) is 1.66. The first-order valence-electron chi connectivity index (χ1n) is 3.25. The second-order valence-electron chi connectivity index (χ2n) is 2.57. The summed E-state index contributed by atoms with van der Waals surface area (Å²) in [6, 6.07) is 0.314. The van der Waals surface area contributed by atoms with Gasteiger partial charge in [0.05, 0.1) is 0 Å². The van der Waals surface area contributed by atoms with Crippen LogP contribution in [0.25, 0.3) is 0 Å². The number of hydrogen-bond acceptors (Lipinski definition) is 2. The normalized spacial score (nSPS) is 30.0. The summed E-state index contributed by atoms with van der Waals surface area (Å²) in [7, 11) is 0. The van der Waals surface area contributed by atoms with Crippen LogP contribution in [0.1, 0.15) is 19.8 Å². The van der Waals surface area contributed by atoms with Gasteiger partial charge in [0.25, 0.3) is 0 Å². The highest BCUT2D eigenvalue weighted by Gasteiger charge is 2.22. The van der Waals surface area contributed by atoms with Crippen LogP contribution < -0.4 is 11.1 Å². The second-order valence-corrected chi connectivity index (χ2v) is 2.57. The predicted octanol–water partition coefficient (Wildman–Crippen LogP) is -0.388. The average Bonchev–Trinajstić information content (AvgIpc) is 2.14. The molecule has 0 spiro atoms. The monoisotopic (exact) mass is 128 g/mol. The summed E-state index contributed by atoms with van der Waals surface area (Å²) >= 11 is 0. The first kappa shape index (κ1) is 6.55. The lowest BCUT2D eigenvalue weighted by Crippen LogP contribution is -2.40. The predicted molar refractivity (Wildman–Crippen MR) is 34.8 cm³/mol. The molecule has 3 N–H and O–H groups in total. The number of carbonyl (C=O) groups is 1. The van der Waals surface area contributed by atoms with Crippen molar-refractivity contribution in [3.8, 4) is 0 Å². The van der Waals surface area contributed by atoms with Crippen molar-refractivity contribution >= 4 is 5.91 Å². The molecule has 1 amide bonds. The van der Waals surface area contributed by atoms with Gasteiger partial charge in [-0.1, -0.05) is 0 Å². The maximum Gasteiger partial charge on any atom is 0.220 e. The zero-order chi connectivity index (χ0) is 6.85. The van der Waals surface area contributed by atoms with Crippen LogP contribution in [0.15, 0.2) is 0 Å². The molecular weight excluding hydrogens is 116 g/mol. The molecular formula is C6H12N2O. The number of hydrogen-bond donors (Lipinski definition) is 2. The highest BCUT2D eigenvalue weighted by Crippen LogP contribution is 2.07. The van der Waals surface area contributed by atoms with Crippen molar-refractivity contribution in [1.29, 1.82) is 0 Å². The summed E-state index contributed by atoms with van der Waals surface area (Å²) in [6.45, 7) is 1.91. The van der Waals surface area contributed by atoms with Gasteiger partial charge in [0.2, 0.25) is 5.91 Å². The molecule has 0 radical (unpaired) electrons. The van der Waals surface area contributed by atoms with Gasteiger partial charge in [-0.2, -0.15) is 0 Å². The molecule has 9 heavy (non-hydrogen) atoms. The van der Waals surface area contributed by atoms with E-state index in [1.807, 2.05) is 6.92 Å². The SMILES string of the molecule is C[C@@H](N)[C@@H]1CCC(=O)N1. The van der Waals surface area contributed by atoms with Crippen LogP contribution in [-0.4, -0.2) is 18.0 Å². The van der Waals surface area contributed by atoms with E-state index in [2.05, 4.69) is 5.32 Å². The minimum absolute atomic E-state index is 0.0939. The van der Waals surface area contributed by atoms with Gasteiger partial charge < -0.3 is 11.1 Å². The van der Waals surface area contributed by atoms with E-state index >= 15 is 0 Å². The Morgan fingerprint density at radius 2 is 2.56 bits per heavy atom. The molecule has 1 heterocycles. The molecule has 1 rings (SSSR count). The van der Waals surface area contributed by atoms with Gasteiger partial charge in [0.1, 0.15) is 0 Å². The standard InChI is InChI=1S/C6H12N2O/c1-4(7)5-2-3-6(9)8-5/h4-5H,2-3,7H2,1H3,(H,8,9)/t4-,5+/m1/s1. The van der Waals surface area contributed by atoms with Crippen molar-refractivity contribution in [2.75, 3.05) is 0 Å². The highest BCUT2D eigenvalue weighted by atomic mass is 16.1. The largest absolute Gasteiger partial charge is 0.352 e. The topological polar surface area (TPSA) is 55.1 Å². The van der Waals surface area contributed by atoms with E-state index in [1.165, 1.54) is 0 Å². The second kappa shape index (κ2) is 2.35. The molecule has 1 aliphatic heterocycles. The molecule has 3 heteroatoms. The summed E-state index contributed by atoms with van der Waals surface area (Å²) in [5, 5.41) is 2.79. The summed E-state index contributed by atoms with van der Waals surface area (Å²) in [5.41, 5.74) is 5.55. The van der Waals surface area contributed by atoms with Gasteiger partial charge in [0.15, 0.2) is 0 Å². The van der Waals surface area contributed by atoms with Crippen molar-refractivity contribution in [2.24, 2.45) is 5.73 Å². The Labute approximate surface area is 54.6 Å². The van der Waals surface area contributed by atoms with Crippen LogP contribution in [0, 0.1) is 0 Å². The van der Waals surface area contributed by atoms with Crippen LogP contribution in [-0.2, 0) is 4.79 Å². The van der Waals surface area contributed by atoms with Crippen LogP contribution in [0.3, 0.4) is 0 Å². The maximum atomic E-state index is 10.6. The summed E-state index contributed by atoms with van der Waals surface area (Å²) in [6.07, 6.45) is 1.54. The number of nitrogens with one attached hydrogen (secondary N) is 1. The molecule has 0 saturated carbocycles. The highest BCUT2D eigenvalue weighted by molar-refractivity contribution is 5.78. The Morgan fingerprint density at radius 3 is 2.78 bits per heavy atom. The Bertz CT molecular complexity index is 122. The van der Waals surface area contributed by atoms with Crippen LogP contribution >= 0.6 is 0 Å². The van der Waals surface area contributed by atoms with Crippen LogP contribution in [0.2, 0.25) is 0 Å². The van der Waals surface area contributed by atoms with Crippen molar-refractivity contribution in [3.63, 3.8) is 0 Å². The van der Waals surface area contributed by atoms with E-state index in [9.17, 15) is 4.79 Å². The average molecular weight is 128 g/mol. The minimum Gasteiger partial charge on any atom is -0.352 e. The smallest absolute Gasteiger partial charge is 0.220 e. The zero-order valence-corrected chi connectivity index (χ0v) is 5.55. The lowest BCUT2D eigenvalue weighted by molar-refractivity contribution is -0.119. The maximum absolute atomic E-state index is 10.6. The number of amides is 1. The third kappa shape index (κ3) is 1.42. The van der Waals surface area contributed by atoms with E-state index in [-0.39, 0.29) is 18.0 Å². The Kier molecular flexibility index (Phi) is 1.71. The quantitative estimate of drug-likeness (QED) is 0.505. The molecule has 52 valence electrons. The van der Waals surface area contributed by atoms with Crippen LogP contribution in [0.5, 0.6) is 0 Å². The Morgan fingerprint density at radius 1 is 1.89 bits per heavy atom. The summed E-state index contributed by atoms with van der Waals surface area (Å²) in [4.78, 5) is 10.6. The number of carbonyl (C=O) groups excluding carboxylic acids is 1. The zero-order valence-electron chi connectivity index (χ0n) is 5.55. The van der Waals surface area contributed by atoms with Gasteiger partial charge in [-0.05, 0) is 13.3 Å². The first-order valence-corrected chi connectivity index (χ1v) is 3.25. The molecule has 0 aromatic carbocycles. The van der Waals surface area contributed by atoms with Crippen molar-refractivity contribution < 1.29 is 4.79 Å². The summed E-state index contributed by atoms with van der Waals surface area (Å²) in [5.74, 6) is 0.136. The Hall–Kier alpha value is -0.570.